The summed E-state index contributed by atoms with van der Waals surface area (Å²) in [5.74, 6) is 0. The molecule has 0 rings (SSSR count). The monoisotopic (exact) mass is 139 g/mol. The van der Waals surface area contributed by atoms with E-state index in [2.05, 4.69) is 0 Å². The molecule has 0 aliphatic rings. The molecule has 0 aromatic rings. The first kappa shape index (κ1) is 7.87. The first-order chi connectivity index (χ1) is 3.42. The minimum atomic E-state index is -3.97. The predicted octanol–water partition coefficient (Wildman–Crippen LogP) is -0.213. The van der Waals surface area contributed by atoms with Crippen LogP contribution >= 0.6 is 0 Å². The maximum Gasteiger partial charge on any atom is 0.333 e. The third kappa shape index (κ3) is 5.87. The van der Waals surface area contributed by atoms with Crippen molar-refractivity contribution in [3.63, 3.8) is 0 Å². The molecule has 0 aliphatic heterocycles. The van der Waals surface area contributed by atoms with E-state index in [-0.39, 0.29) is 6.04 Å². The Hall–Kier alpha value is -0.130. The normalized spacial score (nSPS) is 12.5. The Bertz CT molecular complexity index is 148. The van der Waals surface area contributed by atoms with Gasteiger partial charge in [-0.25, -0.2) is 0 Å². The van der Waals surface area contributed by atoms with Crippen LogP contribution in [0.2, 0.25) is 0 Å². The quantitative estimate of drug-likeness (QED) is 0.520. The molecular formula is C3H9NO3S. The van der Waals surface area contributed by atoms with Crippen molar-refractivity contribution in [2.75, 3.05) is 0 Å². The second-order valence-corrected chi connectivity index (χ2v) is 2.93. The van der Waals surface area contributed by atoms with Crippen molar-refractivity contribution in [1.82, 2.24) is 4.72 Å². The van der Waals surface area contributed by atoms with Crippen LogP contribution in [0.25, 0.3) is 0 Å². The number of hydrogen-bond acceptors (Lipinski definition) is 2. The van der Waals surface area contributed by atoms with E-state index in [1.54, 1.807) is 13.8 Å². The maximum atomic E-state index is 9.89. The molecule has 0 unspecified atom stereocenters. The molecule has 0 saturated carbocycles. The van der Waals surface area contributed by atoms with Gasteiger partial charge in [-0.3, -0.25) is 4.55 Å². The van der Waals surface area contributed by atoms with Crippen LogP contribution in [0.4, 0.5) is 0 Å². The largest absolute Gasteiger partial charge is 0.333 e. The number of nitrogens with one attached hydrogen (secondary N) is 1. The Balaban J connectivity index is 3.75. The molecule has 0 atom stereocenters. The number of rotatable bonds is 2. The molecule has 0 aliphatic carbocycles. The molecule has 0 fully saturated rings. The van der Waals surface area contributed by atoms with Gasteiger partial charge in [0.15, 0.2) is 0 Å². The van der Waals surface area contributed by atoms with Crippen LogP contribution < -0.4 is 4.72 Å². The highest BCUT2D eigenvalue weighted by Gasteiger charge is 2.03. The third-order valence-electron chi connectivity index (χ3n) is 0.385. The second-order valence-electron chi connectivity index (χ2n) is 1.75. The fraction of sp³-hybridized carbons (Fsp3) is 1.00. The van der Waals surface area contributed by atoms with Gasteiger partial charge in [0.1, 0.15) is 0 Å². The van der Waals surface area contributed by atoms with Gasteiger partial charge < -0.3 is 0 Å². The molecule has 0 amide bonds. The Morgan fingerprint density at radius 1 is 1.50 bits per heavy atom. The molecule has 0 aromatic carbocycles. The van der Waals surface area contributed by atoms with Crippen molar-refractivity contribution in [1.29, 1.82) is 0 Å². The minimum Gasteiger partial charge on any atom is -0.273 e. The standard InChI is InChI=1S/C3H9NO3S/c1-3(2)4-8(5,6)7/h3-4H,1-2H3,(H,5,6,7). The Morgan fingerprint density at radius 2 is 1.88 bits per heavy atom. The summed E-state index contributed by atoms with van der Waals surface area (Å²) in [5.41, 5.74) is 0. The lowest BCUT2D eigenvalue weighted by Gasteiger charge is -2.01. The van der Waals surface area contributed by atoms with Gasteiger partial charge >= 0.3 is 10.3 Å². The summed E-state index contributed by atoms with van der Waals surface area (Å²) in [6, 6.07) is -0.245. The van der Waals surface area contributed by atoms with Crippen molar-refractivity contribution in [2.24, 2.45) is 0 Å². The first-order valence-corrected chi connectivity index (χ1v) is 3.60. The van der Waals surface area contributed by atoms with E-state index >= 15 is 0 Å². The van der Waals surface area contributed by atoms with E-state index in [9.17, 15) is 8.42 Å². The highest BCUT2D eigenvalue weighted by molar-refractivity contribution is 7.83. The fourth-order valence-electron chi connectivity index (χ4n) is 0.298. The van der Waals surface area contributed by atoms with Crippen molar-refractivity contribution in [2.45, 2.75) is 19.9 Å². The van der Waals surface area contributed by atoms with Crippen molar-refractivity contribution >= 4 is 10.3 Å². The summed E-state index contributed by atoms with van der Waals surface area (Å²) >= 11 is 0. The lowest BCUT2D eigenvalue weighted by molar-refractivity contribution is 0.460. The van der Waals surface area contributed by atoms with Crippen LogP contribution in [-0.2, 0) is 10.3 Å². The van der Waals surface area contributed by atoms with Crippen molar-refractivity contribution in [3.05, 3.63) is 0 Å². The lowest BCUT2D eigenvalue weighted by Crippen LogP contribution is -2.29. The second kappa shape index (κ2) is 2.43. The molecular weight excluding hydrogens is 130 g/mol. The van der Waals surface area contributed by atoms with Gasteiger partial charge in [-0.2, -0.15) is 13.1 Å². The van der Waals surface area contributed by atoms with Gasteiger partial charge in [-0.05, 0) is 13.8 Å². The van der Waals surface area contributed by atoms with Crippen molar-refractivity contribution in [3.8, 4) is 0 Å². The summed E-state index contributed by atoms with van der Waals surface area (Å²) in [5, 5.41) is 0. The average molecular weight is 139 g/mol. The summed E-state index contributed by atoms with van der Waals surface area (Å²) < 4.78 is 29.7. The molecule has 0 heterocycles. The molecule has 0 bridgehead atoms. The Kier molecular flexibility index (Phi) is 2.39. The molecule has 0 spiro atoms. The van der Waals surface area contributed by atoms with Crippen LogP contribution in [-0.4, -0.2) is 19.0 Å². The van der Waals surface area contributed by atoms with Crippen LogP contribution in [0.1, 0.15) is 13.8 Å². The third-order valence-corrected chi connectivity index (χ3v) is 1.15. The lowest BCUT2D eigenvalue weighted by atomic mass is 10.4. The van der Waals surface area contributed by atoms with Gasteiger partial charge in [0, 0.05) is 6.04 Å². The fourth-order valence-corrected chi connectivity index (χ4v) is 0.894. The van der Waals surface area contributed by atoms with Crippen LogP contribution in [0.3, 0.4) is 0 Å². The van der Waals surface area contributed by atoms with Crippen molar-refractivity contribution < 1.29 is 13.0 Å². The molecule has 5 heteroatoms. The molecule has 0 radical (unpaired) electrons. The Morgan fingerprint density at radius 3 is 1.88 bits per heavy atom. The van der Waals surface area contributed by atoms with E-state index in [1.807, 2.05) is 4.72 Å². The molecule has 4 nitrogen and oxygen atoms in total. The highest BCUT2D eigenvalue weighted by atomic mass is 32.2. The SMILES string of the molecule is CC(C)NS(=O)(=O)O. The average Bonchev–Trinajstić information content (AvgIpc) is 1.21. The molecule has 2 N–H and O–H groups in total. The van der Waals surface area contributed by atoms with E-state index in [1.165, 1.54) is 0 Å². The topological polar surface area (TPSA) is 66.4 Å². The van der Waals surface area contributed by atoms with Gasteiger partial charge in [-0.15, -0.1) is 0 Å². The van der Waals surface area contributed by atoms with Crippen LogP contribution in [0, 0.1) is 0 Å². The molecule has 50 valence electrons. The van der Waals surface area contributed by atoms with E-state index in [0.717, 1.165) is 0 Å². The molecule has 0 aromatic heterocycles. The summed E-state index contributed by atoms with van der Waals surface area (Å²) in [6.45, 7) is 3.24. The Labute approximate surface area is 48.8 Å². The zero-order valence-corrected chi connectivity index (χ0v) is 5.57. The predicted molar refractivity (Wildman–Crippen MR) is 29.8 cm³/mol. The van der Waals surface area contributed by atoms with E-state index < -0.39 is 10.3 Å². The number of hydrogen-bond donors (Lipinski definition) is 2. The van der Waals surface area contributed by atoms with Crippen LogP contribution in [0.5, 0.6) is 0 Å². The summed E-state index contributed by atoms with van der Waals surface area (Å²) in [6.07, 6.45) is 0. The van der Waals surface area contributed by atoms with Gasteiger partial charge in [0.25, 0.3) is 0 Å². The zero-order valence-electron chi connectivity index (χ0n) is 4.75. The summed E-state index contributed by atoms with van der Waals surface area (Å²) in [7, 11) is -3.97. The minimum absolute atomic E-state index is 0.245. The van der Waals surface area contributed by atoms with Gasteiger partial charge in [0.2, 0.25) is 0 Å². The maximum absolute atomic E-state index is 9.89. The van der Waals surface area contributed by atoms with E-state index in [4.69, 9.17) is 4.55 Å². The first-order valence-electron chi connectivity index (χ1n) is 2.16. The smallest absolute Gasteiger partial charge is 0.273 e. The zero-order chi connectivity index (χ0) is 6.78. The van der Waals surface area contributed by atoms with E-state index in [0.29, 0.717) is 0 Å². The van der Waals surface area contributed by atoms with Crippen LogP contribution in [0.15, 0.2) is 0 Å². The van der Waals surface area contributed by atoms with Gasteiger partial charge in [0.05, 0.1) is 0 Å². The van der Waals surface area contributed by atoms with Gasteiger partial charge in [-0.1, -0.05) is 0 Å². The summed E-state index contributed by atoms with van der Waals surface area (Å²) in [4.78, 5) is 0. The highest BCUT2D eigenvalue weighted by Crippen LogP contribution is 1.79. The molecule has 0 saturated heterocycles. The molecule has 8 heavy (non-hydrogen) atoms.